The molecule has 2 aliphatic heterocycles. The third-order valence-electron chi connectivity index (χ3n) is 8.18. The number of aryl methyl sites for hydroxylation is 1. The smallest absolute Gasteiger partial charge is 0.429 e. The van der Waals surface area contributed by atoms with E-state index in [-0.39, 0.29) is 39.4 Å². The van der Waals surface area contributed by atoms with Gasteiger partial charge in [0.15, 0.2) is 0 Å². The Balaban J connectivity index is 1.33. The summed E-state index contributed by atoms with van der Waals surface area (Å²) in [6.07, 6.45) is -3.89. The Bertz CT molecular complexity index is 1680. The van der Waals surface area contributed by atoms with Gasteiger partial charge < -0.3 is 24.8 Å². The van der Waals surface area contributed by atoms with Crippen molar-refractivity contribution < 1.29 is 32.5 Å². The van der Waals surface area contributed by atoms with E-state index < -0.39 is 24.3 Å². The largest absolute Gasteiger partial charge is 0.480 e. The summed E-state index contributed by atoms with van der Waals surface area (Å²) in [7, 11) is 0. The van der Waals surface area contributed by atoms with E-state index in [1.165, 1.54) is 28.9 Å². The van der Waals surface area contributed by atoms with E-state index in [9.17, 15) is 23.1 Å². The minimum absolute atomic E-state index is 0.00918. The number of nitrogens with zero attached hydrogens (tertiary/aromatic N) is 5. The van der Waals surface area contributed by atoms with Gasteiger partial charge in [-0.15, -0.1) is 0 Å². The van der Waals surface area contributed by atoms with Crippen LogP contribution in [0.25, 0.3) is 5.69 Å². The predicted octanol–water partition coefficient (Wildman–Crippen LogP) is 6.13. The molecule has 2 saturated heterocycles. The second-order valence-corrected chi connectivity index (χ2v) is 11.8. The SMILES string of the molecule is Cc1ccn(-c2cc(Cl)ccc2C(Oc2cc(Oc3ccccc3)nc(N3CCC4(CC3)CNC(C(=O)O)C4)n2)C(F)(F)F)n1. The molecule has 45 heavy (non-hydrogen) atoms. The van der Waals surface area contributed by atoms with Gasteiger partial charge in [-0.25, -0.2) is 4.68 Å². The number of hydrogen-bond acceptors (Lipinski definition) is 8. The van der Waals surface area contributed by atoms with Crippen molar-refractivity contribution in [1.29, 1.82) is 0 Å². The predicted molar refractivity (Wildman–Crippen MR) is 159 cm³/mol. The number of carboxylic acids is 1. The molecule has 1 spiro atoms. The number of aliphatic carboxylic acids is 1. The molecule has 10 nitrogen and oxygen atoms in total. The number of halogens is 4. The van der Waals surface area contributed by atoms with Gasteiger partial charge in [-0.2, -0.15) is 28.2 Å². The molecule has 0 radical (unpaired) electrons. The fraction of sp³-hybridized carbons (Fsp3) is 0.355. The first-order valence-corrected chi connectivity index (χ1v) is 14.7. The van der Waals surface area contributed by atoms with Gasteiger partial charge in [0.25, 0.3) is 0 Å². The van der Waals surface area contributed by atoms with E-state index in [2.05, 4.69) is 20.4 Å². The molecule has 0 amide bonds. The highest BCUT2D eigenvalue weighted by molar-refractivity contribution is 6.30. The summed E-state index contributed by atoms with van der Waals surface area (Å²) in [6, 6.07) is 15.1. The zero-order valence-corrected chi connectivity index (χ0v) is 24.9. The third kappa shape index (κ3) is 6.84. The molecule has 0 bridgehead atoms. The lowest BCUT2D eigenvalue weighted by Gasteiger charge is -2.39. The van der Waals surface area contributed by atoms with Crippen molar-refractivity contribution in [2.24, 2.45) is 5.41 Å². The molecular formula is C31H30ClF3N6O4. The Kier molecular flexibility index (Phi) is 8.31. The van der Waals surface area contributed by atoms with Crippen LogP contribution in [0.15, 0.2) is 66.9 Å². The van der Waals surface area contributed by atoms with Crippen LogP contribution in [0, 0.1) is 12.3 Å². The van der Waals surface area contributed by atoms with Gasteiger partial charge in [-0.3, -0.25) is 4.79 Å². The number of hydrogen-bond donors (Lipinski definition) is 2. The van der Waals surface area contributed by atoms with E-state index in [1.54, 1.807) is 43.5 Å². The summed E-state index contributed by atoms with van der Waals surface area (Å²) in [5.74, 6) is -0.622. The number of ether oxygens (including phenoxy) is 2. The third-order valence-corrected chi connectivity index (χ3v) is 8.41. The lowest BCUT2D eigenvalue weighted by Crippen LogP contribution is -2.42. The molecule has 236 valence electrons. The fourth-order valence-corrected chi connectivity index (χ4v) is 5.99. The van der Waals surface area contributed by atoms with Crippen molar-refractivity contribution in [3.05, 3.63) is 83.1 Å². The van der Waals surface area contributed by atoms with Crippen LogP contribution in [0.4, 0.5) is 19.1 Å². The van der Waals surface area contributed by atoms with Gasteiger partial charge in [0.1, 0.15) is 11.8 Å². The molecule has 2 N–H and O–H groups in total. The number of aromatic nitrogens is 4. The monoisotopic (exact) mass is 642 g/mol. The van der Waals surface area contributed by atoms with Crippen molar-refractivity contribution in [2.75, 3.05) is 24.5 Å². The van der Waals surface area contributed by atoms with Crippen LogP contribution in [0.5, 0.6) is 17.5 Å². The zero-order valence-electron chi connectivity index (χ0n) is 24.2. The van der Waals surface area contributed by atoms with Gasteiger partial charge in [0.2, 0.25) is 23.8 Å². The Morgan fingerprint density at radius 3 is 2.47 bits per heavy atom. The van der Waals surface area contributed by atoms with Crippen molar-refractivity contribution in [1.82, 2.24) is 25.1 Å². The molecule has 6 rings (SSSR count). The summed E-state index contributed by atoms with van der Waals surface area (Å²) in [4.78, 5) is 22.3. The maximum absolute atomic E-state index is 14.7. The fourth-order valence-electron chi connectivity index (χ4n) is 5.82. The Morgan fingerprint density at radius 1 is 1.09 bits per heavy atom. The molecule has 2 aliphatic rings. The minimum Gasteiger partial charge on any atom is -0.480 e. The lowest BCUT2D eigenvalue weighted by atomic mass is 9.76. The number of para-hydroxylation sites is 1. The molecule has 2 atom stereocenters. The average molecular weight is 643 g/mol. The first kappa shape index (κ1) is 30.7. The van der Waals surface area contributed by atoms with E-state index in [0.29, 0.717) is 50.3 Å². The Hall–Kier alpha value is -4.36. The second kappa shape index (κ2) is 12.2. The summed E-state index contributed by atoms with van der Waals surface area (Å²) >= 11 is 6.19. The molecule has 4 aromatic rings. The van der Waals surface area contributed by atoms with E-state index in [0.717, 1.165) is 0 Å². The number of rotatable bonds is 8. The molecule has 2 aromatic heterocycles. The number of piperidine rings is 1. The summed E-state index contributed by atoms with van der Waals surface area (Å²) in [5.41, 5.74) is 0.332. The molecule has 4 heterocycles. The van der Waals surface area contributed by atoms with Gasteiger partial charge in [0.05, 0.1) is 17.4 Å². The highest BCUT2D eigenvalue weighted by Gasteiger charge is 2.46. The van der Waals surface area contributed by atoms with E-state index in [1.807, 2.05) is 11.0 Å². The maximum Gasteiger partial charge on any atom is 0.429 e. The van der Waals surface area contributed by atoms with Crippen LogP contribution >= 0.6 is 11.6 Å². The standard InChI is InChI=1S/C31H30ClF3N6O4/c1-19-9-12-41(39-19)24-15-20(32)7-8-22(24)27(31(33,34)35)45-26-16-25(44-21-5-3-2-4-6-21)37-29(38-26)40-13-10-30(11-14-40)17-23(28(42)43)36-18-30/h2-9,12,15-16,23,27,36H,10-11,13-14,17-18H2,1H3,(H,42,43). The quantitative estimate of drug-likeness (QED) is 0.234. The summed E-state index contributed by atoms with van der Waals surface area (Å²) in [5, 5.41) is 17.0. The van der Waals surface area contributed by atoms with Crippen LogP contribution < -0.4 is 19.7 Å². The topological polar surface area (TPSA) is 115 Å². The van der Waals surface area contributed by atoms with Crippen molar-refractivity contribution in [3.63, 3.8) is 0 Å². The number of nitrogens with one attached hydrogen (secondary N) is 1. The normalized spacial score (nSPS) is 18.6. The summed E-state index contributed by atoms with van der Waals surface area (Å²) < 4.78 is 57.1. The van der Waals surface area contributed by atoms with Crippen LogP contribution in [-0.2, 0) is 4.79 Å². The van der Waals surface area contributed by atoms with Gasteiger partial charge in [-0.1, -0.05) is 35.9 Å². The average Bonchev–Trinajstić information content (AvgIpc) is 3.63. The molecule has 2 fully saturated rings. The number of carbonyl (C=O) groups is 1. The van der Waals surface area contributed by atoms with E-state index >= 15 is 0 Å². The molecular weight excluding hydrogens is 613 g/mol. The molecule has 2 unspecified atom stereocenters. The summed E-state index contributed by atoms with van der Waals surface area (Å²) in [6.45, 7) is 3.26. The van der Waals surface area contributed by atoms with Gasteiger partial charge in [0, 0.05) is 36.4 Å². The zero-order chi connectivity index (χ0) is 31.8. The minimum atomic E-state index is -4.84. The molecule has 14 heteroatoms. The van der Waals surface area contributed by atoms with Gasteiger partial charge >= 0.3 is 12.1 Å². The van der Waals surface area contributed by atoms with Gasteiger partial charge in [-0.05, 0) is 61.9 Å². The number of benzene rings is 2. The molecule has 0 saturated carbocycles. The van der Waals surface area contributed by atoms with Crippen molar-refractivity contribution in [2.45, 2.75) is 44.5 Å². The number of anilines is 1. The highest BCUT2D eigenvalue weighted by Crippen LogP contribution is 2.42. The number of carboxylic acid groups (broad SMARTS) is 1. The maximum atomic E-state index is 14.7. The Morgan fingerprint density at radius 2 is 1.82 bits per heavy atom. The van der Waals surface area contributed by atoms with Crippen molar-refractivity contribution >= 4 is 23.5 Å². The number of alkyl halides is 3. The van der Waals surface area contributed by atoms with Crippen LogP contribution in [-0.4, -0.2) is 62.7 Å². The molecule has 2 aromatic carbocycles. The highest BCUT2D eigenvalue weighted by atomic mass is 35.5. The van der Waals surface area contributed by atoms with Crippen LogP contribution in [0.1, 0.15) is 36.6 Å². The van der Waals surface area contributed by atoms with Crippen molar-refractivity contribution in [3.8, 4) is 23.2 Å². The Labute approximate surface area is 261 Å². The first-order chi connectivity index (χ1) is 21.5. The second-order valence-electron chi connectivity index (χ2n) is 11.4. The molecule has 0 aliphatic carbocycles. The van der Waals surface area contributed by atoms with Crippen LogP contribution in [0.2, 0.25) is 5.02 Å². The lowest BCUT2D eigenvalue weighted by molar-refractivity contribution is -0.198. The van der Waals surface area contributed by atoms with Crippen LogP contribution in [0.3, 0.4) is 0 Å². The first-order valence-electron chi connectivity index (χ1n) is 14.4. The van der Waals surface area contributed by atoms with E-state index in [4.69, 9.17) is 21.1 Å².